The van der Waals surface area contributed by atoms with Crippen LogP contribution in [0, 0.1) is 6.92 Å². The second-order valence-corrected chi connectivity index (χ2v) is 7.96. The number of halogens is 1. The van der Waals surface area contributed by atoms with Crippen molar-refractivity contribution in [1.29, 1.82) is 0 Å². The standard InChI is InChI=1S/C16H16ClN5O2S/c1-11-14(17)4-3-5-15(11)18-10-16-19-20-21-22(16)12-6-8-13(9-7-12)25(2,23)24/h3-9,18H,10H2,1-2H3. The highest BCUT2D eigenvalue weighted by Gasteiger charge is 2.11. The molecule has 0 bridgehead atoms. The van der Waals surface area contributed by atoms with Crippen LogP contribution in [-0.2, 0) is 16.4 Å². The molecule has 0 aliphatic heterocycles. The zero-order valence-corrected chi connectivity index (χ0v) is 15.2. The Morgan fingerprint density at radius 2 is 1.88 bits per heavy atom. The van der Waals surface area contributed by atoms with Crippen LogP contribution in [0.4, 0.5) is 5.69 Å². The van der Waals surface area contributed by atoms with E-state index in [-0.39, 0.29) is 4.90 Å². The molecule has 0 aliphatic rings. The van der Waals surface area contributed by atoms with Gasteiger partial charge in [-0.2, -0.15) is 4.68 Å². The fourth-order valence-corrected chi connectivity index (χ4v) is 3.13. The maximum Gasteiger partial charge on any atom is 0.175 e. The van der Waals surface area contributed by atoms with Gasteiger partial charge in [-0.3, -0.25) is 0 Å². The van der Waals surface area contributed by atoms with Crippen LogP contribution in [0.5, 0.6) is 0 Å². The monoisotopic (exact) mass is 377 g/mol. The number of aromatic nitrogens is 4. The molecule has 0 saturated carbocycles. The number of nitrogens with zero attached hydrogens (tertiary/aromatic N) is 4. The van der Waals surface area contributed by atoms with Crippen molar-refractivity contribution in [3.8, 4) is 5.69 Å². The molecule has 9 heteroatoms. The van der Waals surface area contributed by atoms with Crippen molar-refractivity contribution >= 4 is 27.1 Å². The van der Waals surface area contributed by atoms with Crippen molar-refractivity contribution in [2.45, 2.75) is 18.4 Å². The molecule has 1 N–H and O–H groups in total. The second kappa shape index (κ2) is 6.81. The fraction of sp³-hybridized carbons (Fsp3) is 0.188. The summed E-state index contributed by atoms with van der Waals surface area (Å²) in [5.74, 6) is 0.589. The molecule has 1 aromatic heterocycles. The molecule has 0 aliphatic carbocycles. The molecule has 0 radical (unpaired) electrons. The van der Waals surface area contributed by atoms with Crippen LogP contribution in [0.3, 0.4) is 0 Å². The summed E-state index contributed by atoms with van der Waals surface area (Å²) in [5.41, 5.74) is 2.52. The normalized spacial score (nSPS) is 11.5. The van der Waals surface area contributed by atoms with E-state index in [9.17, 15) is 8.42 Å². The van der Waals surface area contributed by atoms with Gasteiger partial charge in [-0.05, 0) is 59.3 Å². The maximum absolute atomic E-state index is 11.5. The summed E-state index contributed by atoms with van der Waals surface area (Å²) >= 11 is 6.12. The Morgan fingerprint density at radius 1 is 1.16 bits per heavy atom. The smallest absolute Gasteiger partial charge is 0.175 e. The molecule has 0 saturated heterocycles. The molecule has 1 heterocycles. The third-order valence-corrected chi connectivity index (χ3v) is 5.29. The van der Waals surface area contributed by atoms with Gasteiger partial charge in [0.1, 0.15) is 0 Å². The molecular weight excluding hydrogens is 362 g/mol. The van der Waals surface area contributed by atoms with Crippen molar-refractivity contribution in [1.82, 2.24) is 20.2 Å². The van der Waals surface area contributed by atoms with Gasteiger partial charge in [0.05, 0.1) is 17.1 Å². The second-order valence-electron chi connectivity index (χ2n) is 5.54. The lowest BCUT2D eigenvalue weighted by Gasteiger charge is -2.10. The quantitative estimate of drug-likeness (QED) is 0.735. The minimum Gasteiger partial charge on any atom is -0.377 e. The first-order valence-electron chi connectivity index (χ1n) is 7.43. The Kier molecular flexibility index (Phi) is 4.73. The average molecular weight is 378 g/mol. The van der Waals surface area contributed by atoms with Crippen molar-refractivity contribution in [3.63, 3.8) is 0 Å². The minimum absolute atomic E-state index is 0.249. The highest BCUT2D eigenvalue weighted by Crippen LogP contribution is 2.23. The number of sulfone groups is 1. The highest BCUT2D eigenvalue weighted by molar-refractivity contribution is 7.90. The third-order valence-electron chi connectivity index (χ3n) is 3.75. The zero-order valence-electron chi connectivity index (χ0n) is 13.6. The van der Waals surface area contributed by atoms with Crippen LogP contribution in [-0.4, -0.2) is 34.9 Å². The number of nitrogens with one attached hydrogen (secondary N) is 1. The Labute approximate surface area is 150 Å². The van der Waals surface area contributed by atoms with E-state index in [1.54, 1.807) is 16.8 Å². The maximum atomic E-state index is 11.5. The summed E-state index contributed by atoms with van der Waals surface area (Å²) in [7, 11) is -3.24. The number of hydrogen-bond acceptors (Lipinski definition) is 6. The molecule has 0 amide bonds. The Morgan fingerprint density at radius 3 is 2.56 bits per heavy atom. The topological polar surface area (TPSA) is 89.8 Å². The Balaban J connectivity index is 1.82. The van der Waals surface area contributed by atoms with E-state index in [0.29, 0.717) is 23.1 Å². The fourth-order valence-electron chi connectivity index (χ4n) is 2.32. The molecule has 0 atom stereocenters. The van der Waals surface area contributed by atoms with E-state index in [4.69, 9.17) is 11.6 Å². The molecule has 7 nitrogen and oxygen atoms in total. The highest BCUT2D eigenvalue weighted by atomic mass is 35.5. The predicted octanol–water partition coefficient (Wildman–Crippen LogP) is 2.64. The molecule has 0 unspecified atom stereocenters. The first kappa shape index (κ1) is 17.4. The van der Waals surface area contributed by atoms with E-state index < -0.39 is 9.84 Å². The third kappa shape index (κ3) is 3.80. The van der Waals surface area contributed by atoms with Gasteiger partial charge in [0, 0.05) is 17.0 Å². The van der Waals surface area contributed by atoms with E-state index >= 15 is 0 Å². The number of rotatable bonds is 5. The van der Waals surface area contributed by atoms with Crippen LogP contribution in [0.2, 0.25) is 5.02 Å². The van der Waals surface area contributed by atoms with Gasteiger partial charge in [-0.15, -0.1) is 5.10 Å². The van der Waals surface area contributed by atoms with Gasteiger partial charge in [0.2, 0.25) is 0 Å². The SMILES string of the molecule is Cc1c(Cl)cccc1NCc1nnnn1-c1ccc(S(C)(=O)=O)cc1. The Hall–Kier alpha value is -2.45. The lowest BCUT2D eigenvalue weighted by molar-refractivity contribution is 0.602. The van der Waals surface area contributed by atoms with Crippen molar-refractivity contribution in [2.75, 3.05) is 11.6 Å². The molecule has 130 valence electrons. The van der Waals surface area contributed by atoms with E-state index in [1.165, 1.54) is 18.4 Å². The average Bonchev–Trinajstić information content (AvgIpc) is 3.04. The van der Waals surface area contributed by atoms with Gasteiger partial charge < -0.3 is 5.32 Å². The number of anilines is 1. The van der Waals surface area contributed by atoms with Gasteiger partial charge >= 0.3 is 0 Å². The summed E-state index contributed by atoms with van der Waals surface area (Å²) in [6, 6.07) is 12.0. The summed E-state index contributed by atoms with van der Waals surface area (Å²) in [6.07, 6.45) is 1.17. The van der Waals surface area contributed by atoms with Gasteiger partial charge in [-0.1, -0.05) is 17.7 Å². The zero-order chi connectivity index (χ0) is 18.0. The molecule has 3 aromatic rings. The Bertz CT molecular complexity index is 1000. The van der Waals surface area contributed by atoms with Gasteiger partial charge in [-0.25, -0.2) is 8.42 Å². The van der Waals surface area contributed by atoms with E-state index in [1.807, 2.05) is 25.1 Å². The summed E-state index contributed by atoms with van der Waals surface area (Å²) in [5, 5.41) is 15.6. The lowest BCUT2D eigenvalue weighted by Crippen LogP contribution is -2.09. The van der Waals surface area contributed by atoms with Crippen LogP contribution in [0.15, 0.2) is 47.4 Å². The predicted molar refractivity (Wildman–Crippen MR) is 95.8 cm³/mol. The molecular formula is C16H16ClN5O2S. The van der Waals surface area contributed by atoms with Crippen LogP contribution < -0.4 is 5.32 Å². The molecule has 25 heavy (non-hydrogen) atoms. The molecule has 2 aromatic carbocycles. The van der Waals surface area contributed by atoms with Crippen molar-refractivity contribution in [3.05, 3.63) is 58.9 Å². The van der Waals surface area contributed by atoms with E-state index in [2.05, 4.69) is 20.8 Å². The van der Waals surface area contributed by atoms with E-state index in [0.717, 1.165) is 11.3 Å². The number of benzene rings is 2. The molecule has 0 fully saturated rings. The molecule has 0 spiro atoms. The van der Waals surface area contributed by atoms with Gasteiger partial charge in [0.15, 0.2) is 15.7 Å². The van der Waals surface area contributed by atoms with Crippen LogP contribution >= 0.6 is 11.6 Å². The largest absolute Gasteiger partial charge is 0.377 e. The van der Waals surface area contributed by atoms with Crippen molar-refractivity contribution < 1.29 is 8.42 Å². The lowest BCUT2D eigenvalue weighted by atomic mass is 10.2. The first-order valence-corrected chi connectivity index (χ1v) is 9.70. The first-order chi connectivity index (χ1) is 11.9. The van der Waals surface area contributed by atoms with Crippen LogP contribution in [0.25, 0.3) is 5.69 Å². The van der Waals surface area contributed by atoms with Gasteiger partial charge in [0.25, 0.3) is 0 Å². The number of tetrazole rings is 1. The van der Waals surface area contributed by atoms with Crippen molar-refractivity contribution in [2.24, 2.45) is 0 Å². The number of hydrogen-bond donors (Lipinski definition) is 1. The molecule has 3 rings (SSSR count). The van der Waals surface area contributed by atoms with Crippen LogP contribution in [0.1, 0.15) is 11.4 Å². The minimum atomic E-state index is -3.24. The summed E-state index contributed by atoms with van der Waals surface area (Å²) in [4.78, 5) is 0.249. The summed E-state index contributed by atoms with van der Waals surface area (Å²) in [6.45, 7) is 2.32. The summed E-state index contributed by atoms with van der Waals surface area (Å²) < 4.78 is 24.7.